The van der Waals surface area contributed by atoms with Crippen molar-refractivity contribution in [2.75, 3.05) is 0 Å². The van der Waals surface area contributed by atoms with E-state index in [-0.39, 0.29) is 16.7 Å². The third kappa shape index (κ3) is 1.85. The molecular weight excluding hydrogens is 280 g/mol. The highest BCUT2D eigenvalue weighted by atomic mass is 79.9. The third-order valence-corrected chi connectivity index (χ3v) is 2.78. The number of nitrogens with zero attached hydrogens (tertiary/aromatic N) is 2. The highest BCUT2D eigenvalue weighted by Gasteiger charge is 2.11. The lowest BCUT2D eigenvalue weighted by molar-refractivity contribution is 0.572. The van der Waals surface area contributed by atoms with Crippen molar-refractivity contribution in [3.63, 3.8) is 0 Å². The maximum Gasteiger partial charge on any atom is 0.150 e. The Balaban J connectivity index is 2.60. The van der Waals surface area contributed by atoms with Gasteiger partial charge in [0.1, 0.15) is 11.6 Å². The average Bonchev–Trinajstić information content (AvgIpc) is 2.71. The molecule has 0 saturated heterocycles. The van der Waals surface area contributed by atoms with Gasteiger partial charge < -0.3 is 5.73 Å². The number of imidazole rings is 1. The van der Waals surface area contributed by atoms with Crippen molar-refractivity contribution in [2.24, 2.45) is 5.73 Å². The molecule has 0 radical (unpaired) electrons. The van der Waals surface area contributed by atoms with Crippen LogP contribution in [-0.4, -0.2) is 9.55 Å². The topological polar surface area (TPSA) is 43.8 Å². The molecule has 16 heavy (non-hydrogen) atoms. The smallest absolute Gasteiger partial charge is 0.150 e. The molecule has 0 atom stereocenters. The Morgan fingerprint density at radius 1 is 1.31 bits per heavy atom. The van der Waals surface area contributed by atoms with Gasteiger partial charge >= 0.3 is 0 Å². The van der Waals surface area contributed by atoms with Gasteiger partial charge in [0.25, 0.3) is 0 Å². The van der Waals surface area contributed by atoms with E-state index in [9.17, 15) is 8.78 Å². The van der Waals surface area contributed by atoms with Crippen LogP contribution in [0.5, 0.6) is 0 Å². The summed E-state index contributed by atoms with van der Waals surface area (Å²) in [6.07, 6.45) is 2.97. The van der Waals surface area contributed by atoms with Crippen molar-refractivity contribution < 1.29 is 8.78 Å². The van der Waals surface area contributed by atoms with E-state index in [2.05, 4.69) is 20.9 Å². The van der Waals surface area contributed by atoms with Gasteiger partial charge in [-0.2, -0.15) is 0 Å². The van der Waals surface area contributed by atoms with Gasteiger partial charge in [0.15, 0.2) is 0 Å². The van der Waals surface area contributed by atoms with E-state index in [1.165, 1.54) is 23.2 Å². The van der Waals surface area contributed by atoms with Crippen molar-refractivity contribution in [3.8, 4) is 5.69 Å². The Bertz CT molecular complexity index is 525. The number of aromatic nitrogens is 2. The minimum Gasteiger partial charge on any atom is -0.325 e. The zero-order chi connectivity index (χ0) is 11.7. The number of nitrogens with two attached hydrogens (primary N) is 1. The maximum absolute atomic E-state index is 13.6. The van der Waals surface area contributed by atoms with Crippen molar-refractivity contribution in [2.45, 2.75) is 6.54 Å². The summed E-state index contributed by atoms with van der Waals surface area (Å²) in [7, 11) is 0. The SMILES string of the molecule is NCc1cncn1-c1cc(Br)c(F)cc1F. The van der Waals surface area contributed by atoms with Crippen LogP contribution in [0.25, 0.3) is 5.69 Å². The van der Waals surface area contributed by atoms with Crippen LogP contribution < -0.4 is 5.73 Å². The standard InChI is InChI=1S/C10H8BrF2N3/c11-7-1-10(9(13)2-8(7)12)16-5-15-4-6(16)3-14/h1-2,4-5H,3,14H2. The second-order valence-corrected chi connectivity index (χ2v) is 4.03. The van der Waals surface area contributed by atoms with E-state index >= 15 is 0 Å². The van der Waals surface area contributed by atoms with E-state index in [0.717, 1.165) is 6.07 Å². The number of halogens is 3. The van der Waals surface area contributed by atoms with Gasteiger partial charge in [-0.25, -0.2) is 13.8 Å². The number of hydrogen-bond donors (Lipinski definition) is 1. The number of rotatable bonds is 2. The number of hydrogen-bond acceptors (Lipinski definition) is 2. The zero-order valence-electron chi connectivity index (χ0n) is 8.12. The normalized spacial score (nSPS) is 10.8. The maximum atomic E-state index is 13.6. The molecule has 84 valence electrons. The summed E-state index contributed by atoms with van der Waals surface area (Å²) >= 11 is 3.01. The van der Waals surface area contributed by atoms with Crippen molar-refractivity contribution in [1.29, 1.82) is 0 Å². The monoisotopic (exact) mass is 287 g/mol. The largest absolute Gasteiger partial charge is 0.325 e. The predicted molar refractivity (Wildman–Crippen MR) is 59.1 cm³/mol. The molecule has 3 nitrogen and oxygen atoms in total. The molecule has 1 heterocycles. The Labute approximate surface area is 99.0 Å². The molecule has 0 saturated carbocycles. The summed E-state index contributed by atoms with van der Waals surface area (Å²) < 4.78 is 28.3. The lowest BCUT2D eigenvalue weighted by Crippen LogP contribution is -2.06. The van der Waals surface area contributed by atoms with Crippen LogP contribution in [0.3, 0.4) is 0 Å². The summed E-state index contributed by atoms with van der Waals surface area (Å²) in [5.41, 5.74) is 6.35. The fourth-order valence-corrected chi connectivity index (χ4v) is 1.72. The molecule has 0 aliphatic rings. The van der Waals surface area contributed by atoms with Crippen LogP contribution in [0, 0.1) is 11.6 Å². The van der Waals surface area contributed by atoms with Gasteiger partial charge in [-0.05, 0) is 22.0 Å². The second-order valence-electron chi connectivity index (χ2n) is 3.18. The highest BCUT2D eigenvalue weighted by molar-refractivity contribution is 9.10. The molecule has 0 unspecified atom stereocenters. The average molecular weight is 288 g/mol. The Kier molecular flexibility index (Phi) is 3.02. The first-order valence-electron chi connectivity index (χ1n) is 4.49. The van der Waals surface area contributed by atoms with Crippen LogP contribution in [-0.2, 0) is 6.54 Å². The summed E-state index contributed by atoms with van der Waals surface area (Å²) in [6.45, 7) is 0.231. The first-order valence-corrected chi connectivity index (χ1v) is 5.29. The third-order valence-electron chi connectivity index (χ3n) is 2.17. The molecular formula is C10H8BrF2N3. The highest BCUT2D eigenvalue weighted by Crippen LogP contribution is 2.23. The lowest BCUT2D eigenvalue weighted by Gasteiger charge is -2.08. The first-order chi connectivity index (χ1) is 7.63. The fourth-order valence-electron chi connectivity index (χ4n) is 1.39. The minimum atomic E-state index is -0.659. The summed E-state index contributed by atoms with van der Waals surface area (Å²) in [4.78, 5) is 3.87. The van der Waals surface area contributed by atoms with E-state index in [0.29, 0.717) is 5.69 Å². The molecule has 2 N–H and O–H groups in total. The fraction of sp³-hybridized carbons (Fsp3) is 0.100. The molecule has 0 bridgehead atoms. The van der Waals surface area contributed by atoms with Gasteiger partial charge in [0, 0.05) is 18.8 Å². The van der Waals surface area contributed by atoms with Crippen molar-refractivity contribution >= 4 is 15.9 Å². The van der Waals surface area contributed by atoms with Gasteiger partial charge in [-0.3, -0.25) is 4.57 Å². The Morgan fingerprint density at radius 2 is 2.06 bits per heavy atom. The first kappa shape index (κ1) is 11.2. The van der Waals surface area contributed by atoms with Gasteiger partial charge in [-0.15, -0.1) is 0 Å². The minimum absolute atomic E-state index is 0.195. The van der Waals surface area contributed by atoms with Crippen LogP contribution in [0.15, 0.2) is 29.1 Å². The van der Waals surface area contributed by atoms with Crippen LogP contribution >= 0.6 is 15.9 Å². The zero-order valence-corrected chi connectivity index (χ0v) is 9.71. The van der Waals surface area contributed by atoms with Crippen LogP contribution in [0.2, 0.25) is 0 Å². The second kappa shape index (κ2) is 4.31. The molecule has 6 heteroatoms. The van der Waals surface area contributed by atoms with E-state index < -0.39 is 11.6 Å². The lowest BCUT2D eigenvalue weighted by atomic mass is 10.3. The Hall–Kier alpha value is -1.27. The van der Waals surface area contributed by atoms with Gasteiger partial charge in [-0.1, -0.05) is 0 Å². The number of benzene rings is 1. The molecule has 0 amide bonds. The molecule has 1 aromatic carbocycles. The Morgan fingerprint density at radius 3 is 2.75 bits per heavy atom. The van der Waals surface area contributed by atoms with Crippen LogP contribution in [0.4, 0.5) is 8.78 Å². The molecule has 2 rings (SSSR count). The summed E-state index contributed by atoms with van der Waals surface area (Å²) in [6, 6.07) is 2.17. The van der Waals surface area contributed by atoms with Crippen LogP contribution in [0.1, 0.15) is 5.69 Å². The molecule has 0 spiro atoms. The van der Waals surface area contributed by atoms with Crippen molar-refractivity contribution in [1.82, 2.24) is 9.55 Å². The van der Waals surface area contributed by atoms with Crippen molar-refractivity contribution in [3.05, 3.63) is 46.5 Å². The molecule has 0 aliphatic heterocycles. The molecule has 1 aromatic heterocycles. The van der Waals surface area contributed by atoms with Gasteiger partial charge in [0.05, 0.1) is 22.2 Å². The van der Waals surface area contributed by atoms with E-state index in [1.807, 2.05) is 0 Å². The van der Waals surface area contributed by atoms with E-state index in [4.69, 9.17) is 5.73 Å². The molecule has 0 aliphatic carbocycles. The summed E-state index contributed by atoms with van der Waals surface area (Å²) in [5, 5.41) is 0. The van der Waals surface area contributed by atoms with Gasteiger partial charge in [0.2, 0.25) is 0 Å². The van der Waals surface area contributed by atoms with E-state index in [1.54, 1.807) is 0 Å². The quantitative estimate of drug-likeness (QED) is 0.862. The molecule has 0 fully saturated rings. The summed E-state index contributed by atoms with van der Waals surface area (Å²) in [5.74, 6) is -1.30. The molecule has 2 aromatic rings. The predicted octanol–water partition coefficient (Wildman–Crippen LogP) is 2.37.